The molecule has 1 amide bonds. The Morgan fingerprint density at radius 3 is 2.22 bits per heavy atom. The van der Waals surface area contributed by atoms with Crippen LogP contribution in [0.4, 0.5) is 0 Å². The molecule has 0 aliphatic carbocycles. The number of nitrogens with two attached hydrogens (primary N) is 1. The molecule has 0 spiro atoms. The summed E-state index contributed by atoms with van der Waals surface area (Å²) in [6.07, 6.45) is 2.20. The zero-order valence-electron chi connectivity index (χ0n) is 12.6. The van der Waals surface area contributed by atoms with Crippen LogP contribution in [0.3, 0.4) is 0 Å². The van der Waals surface area contributed by atoms with Crippen LogP contribution in [0.1, 0.15) is 33.6 Å². The van der Waals surface area contributed by atoms with Crippen LogP contribution in [0.15, 0.2) is 0 Å². The van der Waals surface area contributed by atoms with Crippen molar-refractivity contribution in [3.05, 3.63) is 0 Å². The van der Waals surface area contributed by atoms with Crippen molar-refractivity contribution >= 4 is 5.91 Å². The van der Waals surface area contributed by atoms with Crippen LogP contribution in [0.2, 0.25) is 0 Å². The van der Waals surface area contributed by atoms with E-state index in [2.05, 4.69) is 19.0 Å². The monoisotopic (exact) mass is 255 g/mol. The average molecular weight is 255 g/mol. The van der Waals surface area contributed by atoms with Crippen LogP contribution in [0, 0.1) is 11.3 Å². The number of carbonyl (C=O) groups excluding carboxylic acids is 1. The summed E-state index contributed by atoms with van der Waals surface area (Å²) < 4.78 is 0. The van der Waals surface area contributed by atoms with Crippen molar-refractivity contribution in [3.63, 3.8) is 0 Å². The second-order valence-electron chi connectivity index (χ2n) is 6.87. The molecule has 18 heavy (non-hydrogen) atoms. The normalized spacial score (nSPS) is 20.3. The summed E-state index contributed by atoms with van der Waals surface area (Å²) in [7, 11) is 4.21. The highest BCUT2D eigenvalue weighted by molar-refractivity contribution is 5.82. The minimum atomic E-state index is -0.386. The van der Waals surface area contributed by atoms with Crippen molar-refractivity contribution in [2.45, 2.75) is 39.7 Å². The molecule has 4 nitrogen and oxygen atoms in total. The molecule has 0 radical (unpaired) electrons. The van der Waals surface area contributed by atoms with Gasteiger partial charge in [-0.05, 0) is 38.3 Å². The third kappa shape index (κ3) is 4.25. The van der Waals surface area contributed by atoms with Gasteiger partial charge in [-0.1, -0.05) is 20.8 Å². The highest BCUT2D eigenvalue weighted by atomic mass is 16.2. The zero-order chi connectivity index (χ0) is 13.9. The summed E-state index contributed by atoms with van der Waals surface area (Å²) in [5, 5.41) is 0. The van der Waals surface area contributed by atoms with E-state index in [1.807, 2.05) is 25.7 Å². The molecule has 1 atom stereocenters. The molecule has 1 saturated heterocycles. The minimum Gasteiger partial charge on any atom is -0.341 e. The molecule has 1 fully saturated rings. The van der Waals surface area contributed by atoms with Crippen LogP contribution in [-0.4, -0.2) is 55.5 Å². The lowest BCUT2D eigenvalue weighted by atomic mass is 9.86. The maximum Gasteiger partial charge on any atom is 0.240 e. The molecule has 2 N–H and O–H groups in total. The minimum absolute atomic E-state index is 0.116. The average Bonchev–Trinajstić information content (AvgIpc) is 2.26. The van der Waals surface area contributed by atoms with E-state index in [0.29, 0.717) is 0 Å². The molecule has 1 aliphatic heterocycles. The van der Waals surface area contributed by atoms with Crippen LogP contribution in [0.25, 0.3) is 0 Å². The van der Waals surface area contributed by atoms with Crippen molar-refractivity contribution in [1.29, 1.82) is 0 Å². The molecule has 0 aromatic rings. The van der Waals surface area contributed by atoms with Gasteiger partial charge in [-0.2, -0.15) is 0 Å². The van der Waals surface area contributed by atoms with Gasteiger partial charge >= 0.3 is 0 Å². The van der Waals surface area contributed by atoms with E-state index in [-0.39, 0.29) is 17.4 Å². The van der Waals surface area contributed by atoms with Gasteiger partial charge in [0.15, 0.2) is 0 Å². The number of carbonyl (C=O) groups is 1. The van der Waals surface area contributed by atoms with Gasteiger partial charge in [-0.3, -0.25) is 4.79 Å². The highest BCUT2D eigenvalue weighted by Crippen LogP contribution is 2.23. The van der Waals surface area contributed by atoms with Crippen LogP contribution >= 0.6 is 0 Å². The number of likely N-dealkylation sites (tertiary alicyclic amines) is 1. The summed E-state index contributed by atoms with van der Waals surface area (Å²) >= 11 is 0. The van der Waals surface area contributed by atoms with Gasteiger partial charge in [0, 0.05) is 19.6 Å². The predicted molar refractivity (Wildman–Crippen MR) is 75.3 cm³/mol. The fourth-order valence-electron chi connectivity index (χ4n) is 2.42. The van der Waals surface area contributed by atoms with Gasteiger partial charge in [0.2, 0.25) is 5.91 Å². The second kappa shape index (κ2) is 6.02. The van der Waals surface area contributed by atoms with E-state index in [0.717, 1.165) is 38.4 Å². The maximum absolute atomic E-state index is 12.3. The van der Waals surface area contributed by atoms with E-state index >= 15 is 0 Å². The Hall–Kier alpha value is -0.610. The molecular weight excluding hydrogens is 226 g/mol. The Bertz CT molecular complexity index is 275. The Morgan fingerprint density at radius 2 is 1.83 bits per heavy atom. The Morgan fingerprint density at radius 1 is 1.33 bits per heavy atom. The first-order valence-corrected chi connectivity index (χ1v) is 6.91. The number of hydrogen-bond donors (Lipinski definition) is 1. The van der Waals surface area contributed by atoms with Gasteiger partial charge in [-0.15, -0.1) is 0 Å². The van der Waals surface area contributed by atoms with E-state index in [9.17, 15) is 4.79 Å². The first-order valence-electron chi connectivity index (χ1n) is 6.91. The number of hydrogen-bond acceptors (Lipinski definition) is 3. The molecule has 0 bridgehead atoms. The quantitative estimate of drug-likeness (QED) is 0.823. The Kier molecular flexibility index (Phi) is 5.17. The standard InChI is InChI=1S/C14H29N3O/c1-14(2,3)12(15)13(18)17-8-6-11(7-9-17)10-16(4)5/h11-12H,6-10,15H2,1-5H3. The third-order valence-electron chi connectivity index (χ3n) is 3.75. The molecule has 1 aliphatic rings. The molecule has 0 aromatic carbocycles. The summed E-state index contributed by atoms with van der Waals surface area (Å²) in [6.45, 7) is 8.91. The molecule has 1 heterocycles. The maximum atomic E-state index is 12.3. The van der Waals surface area contributed by atoms with E-state index in [1.165, 1.54) is 0 Å². The smallest absolute Gasteiger partial charge is 0.240 e. The van der Waals surface area contributed by atoms with Gasteiger partial charge in [-0.25, -0.2) is 0 Å². The Labute approximate surface area is 111 Å². The summed E-state index contributed by atoms with van der Waals surface area (Å²) in [6, 6.07) is -0.386. The molecule has 1 unspecified atom stereocenters. The van der Waals surface area contributed by atoms with Crippen molar-refractivity contribution in [2.75, 3.05) is 33.7 Å². The van der Waals surface area contributed by atoms with Gasteiger partial charge < -0.3 is 15.5 Å². The van der Waals surface area contributed by atoms with Gasteiger partial charge in [0.1, 0.15) is 0 Å². The highest BCUT2D eigenvalue weighted by Gasteiger charge is 2.32. The first-order chi connectivity index (χ1) is 8.21. The van der Waals surface area contributed by atoms with Gasteiger partial charge in [0.25, 0.3) is 0 Å². The second-order valence-corrected chi connectivity index (χ2v) is 6.87. The van der Waals surface area contributed by atoms with Crippen molar-refractivity contribution in [3.8, 4) is 0 Å². The number of nitrogens with zero attached hydrogens (tertiary/aromatic N) is 2. The summed E-state index contributed by atoms with van der Waals surface area (Å²) in [4.78, 5) is 16.4. The fraction of sp³-hybridized carbons (Fsp3) is 0.929. The summed E-state index contributed by atoms with van der Waals surface area (Å²) in [5.74, 6) is 0.834. The van der Waals surface area contributed by atoms with Crippen LogP contribution in [0.5, 0.6) is 0 Å². The fourth-order valence-corrected chi connectivity index (χ4v) is 2.42. The first kappa shape index (κ1) is 15.4. The van der Waals surface area contributed by atoms with Crippen molar-refractivity contribution in [2.24, 2.45) is 17.1 Å². The van der Waals surface area contributed by atoms with E-state index in [1.54, 1.807) is 0 Å². The molecule has 0 aromatic heterocycles. The van der Waals surface area contributed by atoms with Crippen LogP contribution in [-0.2, 0) is 4.79 Å². The molecule has 1 rings (SSSR count). The number of rotatable bonds is 3. The predicted octanol–water partition coefficient (Wildman–Crippen LogP) is 1.16. The van der Waals surface area contributed by atoms with Crippen LogP contribution < -0.4 is 5.73 Å². The van der Waals surface area contributed by atoms with E-state index < -0.39 is 0 Å². The SMILES string of the molecule is CN(C)CC1CCN(C(=O)C(N)C(C)(C)C)CC1. The van der Waals surface area contributed by atoms with Gasteiger partial charge in [0.05, 0.1) is 6.04 Å². The van der Waals surface area contributed by atoms with Crippen molar-refractivity contribution in [1.82, 2.24) is 9.80 Å². The largest absolute Gasteiger partial charge is 0.341 e. The lowest BCUT2D eigenvalue weighted by Gasteiger charge is -2.37. The van der Waals surface area contributed by atoms with Crippen molar-refractivity contribution < 1.29 is 4.79 Å². The van der Waals surface area contributed by atoms with E-state index in [4.69, 9.17) is 5.73 Å². The lowest BCUT2D eigenvalue weighted by molar-refractivity contribution is -0.136. The number of piperidine rings is 1. The third-order valence-corrected chi connectivity index (χ3v) is 3.75. The number of amides is 1. The molecule has 106 valence electrons. The molecule has 4 heteroatoms. The molecule has 0 saturated carbocycles. The Balaban J connectivity index is 2.45. The molecular formula is C14H29N3O. The summed E-state index contributed by atoms with van der Waals surface area (Å²) in [5.41, 5.74) is 5.89. The lowest BCUT2D eigenvalue weighted by Crippen LogP contribution is -2.52. The topological polar surface area (TPSA) is 49.6 Å². The zero-order valence-corrected chi connectivity index (χ0v) is 12.6.